The fraction of sp³-hybridized carbons (Fsp3) is 0.517. The maximum Gasteiger partial charge on any atom is 0.222 e. The lowest BCUT2D eigenvalue weighted by Gasteiger charge is -2.25. The predicted octanol–water partition coefficient (Wildman–Crippen LogP) is 4.13. The van der Waals surface area contributed by atoms with Crippen LogP contribution in [0, 0.1) is 12.7 Å². The Morgan fingerprint density at radius 1 is 1.00 bits per heavy atom. The molecule has 2 aromatic carbocycles. The zero-order valence-corrected chi connectivity index (χ0v) is 21.9. The van der Waals surface area contributed by atoms with Gasteiger partial charge in [0.15, 0.2) is 0 Å². The summed E-state index contributed by atoms with van der Waals surface area (Å²) in [5.74, 6) is -0.407. The summed E-state index contributed by atoms with van der Waals surface area (Å²) in [5.41, 5.74) is 2.46. The van der Waals surface area contributed by atoms with Crippen molar-refractivity contribution in [2.24, 2.45) is 0 Å². The highest BCUT2D eigenvalue weighted by atomic mass is 19.1. The third-order valence-electron chi connectivity index (χ3n) is 6.15. The van der Waals surface area contributed by atoms with E-state index in [4.69, 9.17) is 0 Å². The molecule has 2 rings (SSSR count). The molecule has 2 aromatic rings. The first-order chi connectivity index (χ1) is 17.3. The van der Waals surface area contributed by atoms with Gasteiger partial charge in [0.1, 0.15) is 5.82 Å². The normalized spacial score (nSPS) is 12.7. The molecule has 0 radical (unpaired) electrons. The molecule has 6 nitrogen and oxygen atoms in total. The highest BCUT2D eigenvalue weighted by Crippen LogP contribution is 2.13. The number of halogens is 1. The van der Waals surface area contributed by atoms with Crippen LogP contribution in [-0.2, 0) is 22.6 Å². The number of aliphatic hydroxyl groups excluding tert-OH is 1. The number of carbonyl (C=O) groups is 2. The molecular formula is C29H42FN3O3. The minimum absolute atomic E-state index is 0.0787. The van der Waals surface area contributed by atoms with Gasteiger partial charge < -0.3 is 20.6 Å². The maximum atomic E-state index is 13.7. The van der Waals surface area contributed by atoms with E-state index in [1.54, 1.807) is 19.1 Å². The SMILES string of the molecule is CCCN(CCC)C(=O)CCCC(=O)N[C@@H](Cc1ccc(F)c(C)c1)[C@H](O)CNCc1ccccc1. The molecule has 0 aliphatic carbocycles. The number of amides is 2. The molecule has 7 heteroatoms. The second kappa shape index (κ2) is 16.1. The molecule has 0 aromatic heterocycles. The molecule has 0 saturated heterocycles. The van der Waals surface area contributed by atoms with Crippen LogP contribution in [0.2, 0.25) is 0 Å². The Balaban J connectivity index is 1.94. The lowest BCUT2D eigenvalue weighted by molar-refractivity contribution is -0.131. The Labute approximate surface area is 215 Å². The van der Waals surface area contributed by atoms with Crippen molar-refractivity contribution in [1.82, 2.24) is 15.5 Å². The van der Waals surface area contributed by atoms with Crippen molar-refractivity contribution in [2.75, 3.05) is 19.6 Å². The number of rotatable bonds is 16. The summed E-state index contributed by atoms with van der Waals surface area (Å²) in [6, 6.07) is 14.2. The molecule has 36 heavy (non-hydrogen) atoms. The Hall–Kier alpha value is -2.77. The van der Waals surface area contributed by atoms with Crippen LogP contribution in [-0.4, -0.2) is 53.6 Å². The molecule has 0 aliphatic rings. The highest BCUT2D eigenvalue weighted by molar-refractivity contribution is 5.79. The fourth-order valence-corrected chi connectivity index (χ4v) is 4.21. The van der Waals surface area contributed by atoms with Crippen molar-refractivity contribution in [2.45, 2.75) is 78.0 Å². The number of nitrogens with one attached hydrogen (secondary N) is 2. The average Bonchev–Trinajstić information content (AvgIpc) is 2.86. The van der Waals surface area contributed by atoms with Crippen molar-refractivity contribution in [3.8, 4) is 0 Å². The summed E-state index contributed by atoms with van der Waals surface area (Å²) in [6.07, 6.45) is 2.35. The Kier molecular flexibility index (Phi) is 13.1. The summed E-state index contributed by atoms with van der Waals surface area (Å²) in [7, 11) is 0. The van der Waals surface area contributed by atoms with Gasteiger partial charge in [0.25, 0.3) is 0 Å². The summed E-state index contributed by atoms with van der Waals surface area (Å²) in [4.78, 5) is 27.1. The minimum Gasteiger partial charge on any atom is -0.390 e. The molecule has 0 unspecified atom stereocenters. The second-order valence-corrected chi connectivity index (χ2v) is 9.38. The Morgan fingerprint density at radius 2 is 1.69 bits per heavy atom. The zero-order chi connectivity index (χ0) is 26.3. The van der Waals surface area contributed by atoms with Crippen LogP contribution in [0.15, 0.2) is 48.5 Å². The predicted molar refractivity (Wildman–Crippen MR) is 142 cm³/mol. The minimum atomic E-state index is -0.839. The summed E-state index contributed by atoms with van der Waals surface area (Å²) < 4.78 is 13.7. The van der Waals surface area contributed by atoms with Crippen LogP contribution in [0.1, 0.15) is 62.6 Å². The van der Waals surface area contributed by atoms with Gasteiger partial charge >= 0.3 is 0 Å². The van der Waals surface area contributed by atoms with Gasteiger partial charge in [0.2, 0.25) is 11.8 Å². The van der Waals surface area contributed by atoms with Crippen LogP contribution >= 0.6 is 0 Å². The van der Waals surface area contributed by atoms with E-state index in [2.05, 4.69) is 10.6 Å². The van der Waals surface area contributed by atoms with Crippen molar-refractivity contribution in [3.63, 3.8) is 0 Å². The van der Waals surface area contributed by atoms with E-state index in [9.17, 15) is 19.1 Å². The van der Waals surface area contributed by atoms with E-state index in [0.29, 0.717) is 37.9 Å². The third-order valence-corrected chi connectivity index (χ3v) is 6.15. The average molecular weight is 500 g/mol. The van der Waals surface area contributed by atoms with Gasteiger partial charge in [-0.3, -0.25) is 9.59 Å². The second-order valence-electron chi connectivity index (χ2n) is 9.38. The van der Waals surface area contributed by atoms with Crippen molar-refractivity contribution < 1.29 is 19.1 Å². The number of benzene rings is 2. The summed E-state index contributed by atoms with van der Waals surface area (Å²) in [5, 5.41) is 17.1. The molecule has 0 bridgehead atoms. The molecule has 0 spiro atoms. The molecule has 0 fully saturated rings. The van der Waals surface area contributed by atoms with E-state index < -0.39 is 12.1 Å². The van der Waals surface area contributed by atoms with Gasteiger partial charge in [-0.2, -0.15) is 0 Å². The Bertz CT molecular complexity index is 933. The quantitative estimate of drug-likeness (QED) is 0.324. The summed E-state index contributed by atoms with van der Waals surface area (Å²) >= 11 is 0. The molecule has 0 heterocycles. The van der Waals surface area contributed by atoms with Crippen molar-refractivity contribution in [3.05, 3.63) is 71.0 Å². The molecule has 0 saturated carbocycles. The molecule has 3 N–H and O–H groups in total. The first-order valence-electron chi connectivity index (χ1n) is 13.1. The van der Waals surface area contributed by atoms with E-state index in [0.717, 1.165) is 37.1 Å². The zero-order valence-electron chi connectivity index (χ0n) is 21.9. The molecular weight excluding hydrogens is 457 g/mol. The smallest absolute Gasteiger partial charge is 0.222 e. The lowest BCUT2D eigenvalue weighted by Crippen LogP contribution is -2.48. The fourth-order valence-electron chi connectivity index (χ4n) is 4.21. The van der Waals surface area contributed by atoms with E-state index in [1.807, 2.05) is 49.1 Å². The van der Waals surface area contributed by atoms with Crippen LogP contribution in [0.5, 0.6) is 0 Å². The van der Waals surface area contributed by atoms with Gasteiger partial charge in [-0.1, -0.05) is 56.3 Å². The number of nitrogens with zero attached hydrogens (tertiary/aromatic N) is 1. The van der Waals surface area contributed by atoms with Gasteiger partial charge in [-0.15, -0.1) is 0 Å². The number of carbonyl (C=O) groups excluding carboxylic acids is 2. The van der Waals surface area contributed by atoms with Gasteiger partial charge in [-0.25, -0.2) is 4.39 Å². The largest absolute Gasteiger partial charge is 0.390 e. The standard InChI is InChI=1S/C29H42FN3O3/c1-4-16-33(17-5-2)29(36)13-9-12-28(35)32-26(19-24-14-15-25(30)22(3)18-24)27(34)21-31-20-23-10-7-6-8-11-23/h6-8,10-11,14-15,18,26-27,31,34H,4-5,9,12-13,16-17,19-21H2,1-3H3,(H,32,35)/t26-,27+/m0/s1. The van der Waals surface area contributed by atoms with Gasteiger partial charge in [0, 0.05) is 39.0 Å². The number of hydrogen-bond acceptors (Lipinski definition) is 4. The lowest BCUT2D eigenvalue weighted by atomic mass is 9.99. The number of aliphatic hydroxyl groups is 1. The number of aryl methyl sites for hydroxylation is 1. The first kappa shape index (κ1) is 29.5. The highest BCUT2D eigenvalue weighted by Gasteiger charge is 2.22. The maximum absolute atomic E-state index is 13.7. The summed E-state index contributed by atoms with van der Waals surface area (Å²) in [6.45, 7) is 8.16. The first-order valence-corrected chi connectivity index (χ1v) is 13.1. The molecule has 198 valence electrons. The van der Waals surface area contributed by atoms with Crippen LogP contribution in [0.3, 0.4) is 0 Å². The topological polar surface area (TPSA) is 81.7 Å². The molecule has 2 atom stereocenters. The van der Waals surface area contributed by atoms with Gasteiger partial charge in [-0.05, 0) is 55.4 Å². The monoisotopic (exact) mass is 499 g/mol. The van der Waals surface area contributed by atoms with Crippen LogP contribution in [0.25, 0.3) is 0 Å². The van der Waals surface area contributed by atoms with E-state index in [-0.39, 0.29) is 24.1 Å². The molecule has 2 amide bonds. The van der Waals surface area contributed by atoms with Crippen LogP contribution in [0.4, 0.5) is 4.39 Å². The van der Waals surface area contributed by atoms with Crippen molar-refractivity contribution >= 4 is 11.8 Å². The van der Waals surface area contributed by atoms with E-state index in [1.165, 1.54) is 6.07 Å². The number of hydrogen-bond donors (Lipinski definition) is 3. The van der Waals surface area contributed by atoms with Crippen molar-refractivity contribution in [1.29, 1.82) is 0 Å². The third kappa shape index (κ3) is 10.5. The van der Waals surface area contributed by atoms with E-state index >= 15 is 0 Å². The van der Waals surface area contributed by atoms with Gasteiger partial charge in [0.05, 0.1) is 12.1 Å². The van der Waals surface area contributed by atoms with Crippen LogP contribution < -0.4 is 10.6 Å². The molecule has 0 aliphatic heterocycles. The Morgan fingerprint density at radius 3 is 2.33 bits per heavy atom.